The third-order valence-electron chi connectivity index (χ3n) is 3.38. The van der Waals surface area contributed by atoms with E-state index in [0.717, 1.165) is 34.7 Å². The Morgan fingerprint density at radius 3 is 2.75 bits per heavy atom. The summed E-state index contributed by atoms with van der Waals surface area (Å²) in [7, 11) is 1.70. The lowest BCUT2D eigenvalue weighted by atomic mass is 10.2. The Morgan fingerprint density at radius 1 is 1.29 bits per heavy atom. The van der Waals surface area contributed by atoms with Gasteiger partial charge in [0, 0.05) is 30.6 Å². The van der Waals surface area contributed by atoms with Crippen LogP contribution >= 0.6 is 15.9 Å². The average molecular weight is 394 g/mol. The SMILES string of the molecule is COCC(C)NC(=NCc1ccc(Br)cc1)NCCc1ccco1. The third-order valence-corrected chi connectivity index (χ3v) is 3.91. The molecule has 0 saturated carbocycles. The van der Waals surface area contributed by atoms with E-state index in [1.165, 1.54) is 0 Å². The lowest BCUT2D eigenvalue weighted by Crippen LogP contribution is -2.44. The molecule has 0 aliphatic rings. The van der Waals surface area contributed by atoms with Crippen LogP contribution in [0.3, 0.4) is 0 Å². The molecule has 0 aliphatic heterocycles. The highest BCUT2D eigenvalue weighted by Gasteiger charge is 2.06. The summed E-state index contributed by atoms with van der Waals surface area (Å²) in [5.74, 6) is 1.73. The van der Waals surface area contributed by atoms with E-state index in [0.29, 0.717) is 13.2 Å². The molecular formula is C18H24BrN3O2. The first-order valence-corrected chi connectivity index (χ1v) is 8.77. The van der Waals surface area contributed by atoms with Crippen LogP contribution in [0.1, 0.15) is 18.2 Å². The van der Waals surface area contributed by atoms with Crippen molar-refractivity contribution in [3.8, 4) is 0 Å². The van der Waals surface area contributed by atoms with Crippen LogP contribution in [0.15, 0.2) is 56.5 Å². The van der Waals surface area contributed by atoms with Crippen LogP contribution in [-0.2, 0) is 17.7 Å². The number of rotatable bonds is 8. The predicted octanol–water partition coefficient (Wildman–Crippen LogP) is 3.35. The zero-order valence-electron chi connectivity index (χ0n) is 14.1. The Bertz CT molecular complexity index is 612. The Morgan fingerprint density at radius 2 is 2.08 bits per heavy atom. The van der Waals surface area contributed by atoms with E-state index in [4.69, 9.17) is 9.15 Å². The third kappa shape index (κ3) is 6.76. The lowest BCUT2D eigenvalue weighted by Gasteiger charge is -2.17. The zero-order valence-corrected chi connectivity index (χ0v) is 15.7. The standard InChI is InChI=1S/C18H24BrN3O2/c1-14(13-23-2)22-18(20-10-9-17-4-3-11-24-17)21-12-15-5-7-16(19)8-6-15/h3-8,11,14H,9-10,12-13H2,1-2H3,(H2,20,21,22). The molecule has 0 spiro atoms. The Balaban J connectivity index is 1.92. The first-order valence-electron chi connectivity index (χ1n) is 7.98. The summed E-state index contributed by atoms with van der Waals surface area (Å²) in [5.41, 5.74) is 1.16. The van der Waals surface area contributed by atoms with Gasteiger partial charge in [-0.1, -0.05) is 28.1 Å². The topological polar surface area (TPSA) is 58.8 Å². The van der Waals surface area contributed by atoms with Gasteiger partial charge in [0.15, 0.2) is 5.96 Å². The molecule has 0 radical (unpaired) electrons. The molecule has 0 fully saturated rings. The summed E-state index contributed by atoms with van der Waals surface area (Å²) in [5, 5.41) is 6.70. The Labute approximate surface area is 151 Å². The van der Waals surface area contributed by atoms with E-state index in [1.54, 1.807) is 13.4 Å². The monoisotopic (exact) mass is 393 g/mol. The minimum Gasteiger partial charge on any atom is -0.469 e. The number of ether oxygens (including phenoxy) is 1. The molecule has 1 heterocycles. The van der Waals surface area contributed by atoms with E-state index in [-0.39, 0.29) is 6.04 Å². The van der Waals surface area contributed by atoms with Crippen molar-refractivity contribution in [2.24, 2.45) is 4.99 Å². The van der Waals surface area contributed by atoms with Crippen molar-refractivity contribution in [2.45, 2.75) is 25.9 Å². The summed E-state index contributed by atoms with van der Waals surface area (Å²) in [6.45, 7) is 4.05. The minimum absolute atomic E-state index is 0.176. The van der Waals surface area contributed by atoms with Crippen molar-refractivity contribution in [3.05, 3.63) is 58.5 Å². The minimum atomic E-state index is 0.176. The quantitative estimate of drug-likeness (QED) is 0.533. The number of nitrogens with one attached hydrogen (secondary N) is 2. The van der Waals surface area contributed by atoms with Crippen LogP contribution in [0.5, 0.6) is 0 Å². The molecule has 0 saturated heterocycles. The molecule has 2 aromatic rings. The number of hydrogen-bond acceptors (Lipinski definition) is 3. The molecule has 1 aromatic heterocycles. The van der Waals surface area contributed by atoms with Crippen molar-refractivity contribution >= 4 is 21.9 Å². The molecule has 0 bridgehead atoms. The van der Waals surface area contributed by atoms with Crippen LogP contribution in [0.4, 0.5) is 0 Å². The normalized spacial score (nSPS) is 12.9. The van der Waals surface area contributed by atoms with Crippen LogP contribution in [-0.4, -0.2) is 32.3 Å². The maximum absolute atomic E-state index is 5.35. The second-order valence-electron chi connectivity index (χ2n) is 5.55. The summed E-state index contributed by atoms with van der Waals surface area (Å²) < 4.78 is 11.6. The lowest BCUT2D eigenvalue weighted by molar-refractivity contribution is 0.179. The van der Waals surface area contributed by atoms with E-state index in [9.17, 15) is 0 Å². The van der Waals surface area contributed by atoms with Gasteiger partial charge in [0.1, 0.15) is 5.76 Å². The summed E-state index contributed by atoms with van der Waals surface area (Å²) in [4.78, 5) is 4.66. The zero-order chi connectivity index (χ0) is 17.2. The van der Waals surface area contributed by atoms with Crippen molar-refractivity contribution in [1.29, 1.82) is 0 Å². The fraction of sp³-hybridized carbons (Fsp3) is 0.389. The highest BCUT2D eigenvalue weighted by Crippen LogP contribution is 2.11. The largest absolute Gasteiger partial charge is 0.469 e. The number of guanidine groups is 1. The number of benzene rings is 1. The molecule has 130 valence electrons. The highest BCUT2D eigenvalue weighted by molar-refractivity contribution is 9.10. The van der Waals surface area contributed by atoms with Crippen LogP contribution in [0, 0.1) is 0 Å². The molecule has 1 atom stereocenters. The van der Waals surface area contributed by atoms with Gasteiger partial charge < -0.3 is 19.8 Å². The van der Waals surface area contributed by atoms with Crippen LogP contribution < -0.4 is 10.6 Å². The molecule has 0 amide bonds. The van der Waals surface area contributed by atoms with Crippen LogP contribution in [0.25, 0.3) is 0 Å². The molecule has 0 aliphatic carbocycles. The van der Waals surface area contributed by atoms with Gasteiger partial charge in [-0.2, -0.15) is 0 Å². The fourth-order valence-corrected chi connectivity index (χ4v) is 2.46. The van der Waals surface area contributed by atoms with Gasteiger partial charge in [0.25, 0.3) is 0 Å². The van der Waals surface area contributed by atoms with E-state index >= 15 is 0 Å². The Hall–Kier alpha value is -1.79. The molecule has 2 N–H and O–H groups in total. The first-order chi connectivity index (χ1) is 11.7. The molecular weight excluding hydrogens is 370 g/mol. The van der Waals surface area contributed by atoms with Crippen molar-refractivity contribution in [1.82, 2.24) is 10.6 Å². The van der Waals surface area contributed by atoms with Gasteiger partial charge in [-0.25, -0.2) is 4.99 Å². The van der Waals surface area contributed by atoms with E-state index in [2.05, 4.69) is 50.6 Å². The molecule has 2 rings (SSSR count). The molecule has 1 aromatic carbocycles. The second-order valence-corrected chi connectivity index (χ2v) is 6.46. The number of nitrogens with zero attached hydrogens (tertiary/aromatic N) is 1. The highest BCUT2D eigenvalue weighted by atomic mass is 79.9. The number of aliphatic imine (C=N–C) groups is 1. The molecule has 24 heavy (non-hydrogen) atoms. The maximum Gasteiger partial charge on any atom is 0.191 e. The first kappa shape index (κ1) is 18.5. The van der Waals surface area contributed by atoms with E-state index < -0.39 is 0 Å². The van der Waals surface area contributed by atoms with Gasteiger partial charge in [0.05, 0.1) is 19.4 Å². The molecule has 6 heteroatoms. The number of methoxy groups -OCH3 is 1. The average Bonchev–Trinajstić information content (AvgIpc) is 3.07. The molecule has 1 unspecified atom stereocenters. The van der Waals surface area contributed by atoms with E-state index in [1.807, 2.05) is 24.3 Å². The summed E-state index contributed by atoms with van der Waals surface area (Å²) >= 11 is 3.45. The van der Waals surface area contributed by atoms with Crippen LogP contribution in [0.2, 0.25) is 0 Å². The van der Waals surface area contributed by atoms with Gasteiger partial charge in [-0.05, 0) is 36.8 Å². The van der Waals surface area contributed by atoms with Crippen molar-refractivity contribution in [3.63, 3.8) is 0 Å². The van der Waals surface area contributed by atoms with Gasteiger partial charge in [0.2, 0.25) is 0 Å². The summed E-state index contributed by atoms with van der Waals surface area (Å²) in [6, 6.07) is 12.2. The van der Waals surface area contributed by atoms with Crippen molar-refractivity contribution in [2.75, 3.05) is 20.3 Å². The molecule has 5 nitrogen and oxygen atoms in total. The number of furan rings is 1. The van der Waals surface area contributed by atoms with Crippen molar-refractivity contribution < 1.29 is 9.15 Å². The summed E-state index contributed by atoms with van der Waals surface area (Å²) in [6.07, 6.45) is 2.50. The smallest absolute Gasteiger partial charge is 0.191 e. The van der Waals surface area contributed by atoms with Gasteiger partial charge in [-0.15, -0.1) is 0 Å². The maximum atomic E-state index is 5.35. The second kappa shape index (κ2) is 10.2. The predicted molar refractivity (Wildman–Crippen MR) is 100 cm³/mol. The van der Waals surface area contributed by atoms with Gasteiger partial charge >= 0.3 is 0 Å². The number of halogens is 1. The Kier molecular flexibility index (Phi) is 7.85. The van der Waals surface area contributed by atoms with Gasteiger partial charge in [-0.3, -0.25) is 0 Å². The fourth-order valence-electron chi connectivity index (χ4n) is 2.20. The number of hydrogen-bond donors (Lipinski definition) is 2.